The SMILES string of the molecule is COC(=O)C(Cc1ccc2c(c1)oc1ccccc12)NC(C)=O. The van der Waals surface area contributed by atoms with Gasteiger partial charge in [-0.25, -0.2) is 4.79 Å². The summed E-state index contributed by atoms with van der Waals surface area (Å²) in [6, 6.07) is 12.9. The molecule has 0 aliphatic rings. The summed E-state index contributed by atoms with van der Waals surface area (Å²) in [6.07, 6.45) is 0.346. The van der Waals surface area contributed by atoms with Crippen molar-refractivity contribution in [3.63, 3.8) is 0 Å². The van der Waals surface area contributed by atoms with Gasteiger partial charge < -0.3 is 14.5 Å². The Balaban J connectivity index is 1.94. The minimum Gasteiger partial charge on any atom is -0.467 e. The van der Waals surface area contributed by atoms with Gasteiger partial charge in [0.2, 0.25) is 5.91 Å². The maximum Gasteiger partial charge on any atom is 0.328 e. The van der Waals surface area contributed by atoms with E-state index < -0.39 is 12.0 Å². The lowest BCUT2D eigenvalue weighted by Gasteiger charge is -2.15. The molecule has 1 N–H and O–H groups in total. The first-order chi connectivity index (χ1) is 11.1. The van der Waals surface area contributed by atoms with Crippen LogP contribution in [0.3, 0.4) is 0 Å². The van der Waals surface area contributed by atoms with Gasteiger partial charge in [0.15, 0.2) is 0 Å². The number of rotatable bonds is 4. The van der Waals surface area contributed by atoms with Crippen LogP contribution in [0.25, 0.3) is 21.9 Å². The highest BCUT2D eigenvalue weighted by Crippen LogP contribution is 2.29. The van der Waals surface area contributed by atoms with Crippen LogP contribution in [-0.2, 0) is 20.7 Å². The molecule has 23 heavy (non-hydrogen) atoms. The molecule has 0 saturated heterocycles. The predicted octanol–water partition coefficient (Wildman–Crippen LogP) is 2.81. The Kier molecular flexibility index (Phi) is 4.02. The molecule has 3 rings (SSSR count). The average molecular weight is 311 g/mol. The van der Waals surface area contributed by atoms with Crippen LogP contribution in [0.1, 0.15) is 12.5 Å². The zero-order chi connectivity index (χ0) is 16.4. The summed E-state index contributed by atoms with van der Waals surface area (Å²) in [4.78, 5) is 23.1. The molecule has 0 radical (unpaired) electrons. The molecular weight excluding hydrogens is 294 g/mol. The van der Waals surface area contributed by atoms with Crippen molar-refractivity contribution < 1.29 is 18.7 Å². The van der Waals surface area contributed by atoms with Gasteiger partial charge >= 0.3 is 5.97 Å². The number of furan rings is 1. The van der Waals surface area contributed by atoms with Gasteiger partial charge in [-0.3, -0.25) is 4.79 Å². The monoisotopic (exact) mass is 311 g/mol. The summed E-state index contributed by atoms with van der Waals surface area (Å²) in [6.45, 7) is 1.37. The van der Waals surface area contributed by atoms with Crippen LogP contribution in [0, 0.1) is 0 Å². The Morgan fingerprint density at radius 3 is 2.61 bits per heavy atom. The fraction of sp³-hybridized carbons (Fsp3) is 0.222. The van der Waals surface area contributed by atoms with Crippen LogP contribution < -0.4 is 5.32 Å². The maximum absolute atomic E-state index is 11.8. The van der Waals surface area contributed by atoms with Gasteiger partial charge in [0.25, 0.3) is 0 Å². The molecular formula is C18H17NO4. The van der Waals surface area contributed by atoms with Gasteiger partial charge in [-0.15, -0.1) is 0 Å². The van der Waals surface area contributed by atoms with E-state index in [1.807, 2.05) is 42.5 Å². The molecule has 5 nitrogen and oxygen atoms in total. The molecule has 0 aliphatic heterocycles. The number of methoxy groups -OCH3 is 1. The molecule has 5 heteroatoms. The first-order valence-corrected chi connectivity index (χ1v) is 7.33. The van der Waals surface area contributed by atoms with Gasteiger partial charge in [0.1, 0.15) is 17.2 Å². The highest BCUT2D eigenvalue weighted by molar-refractivity contribution is 6.04. The average Bonchev–Trinajstić information content (AvgIpc) is 2.90. The Morgan fingerprint density at radius 1 is 1.13 bits per heavy atom. The van der Waals surface area contributed by atoms with Crippen LogP contribution in [0.2, 0.25) is 0 Å². The fourth-order valence-corrected chi connectivity index (χ4v) is 2.71. The van der Waals surface area contributed by atoms with Crippen molar-refractivity contribution in [2.45, 2.75) is 19.4 Å². The summed E-state index contributed by atoms with van der Waals surface area (Å²) in [5.41, 5.74) is 2.47. The van der Waals surface area contributed by atoms with Gasteiger partial charge in [0, 0.05) is 24.1 Å². The van der Waals surface area contributed by atoms with E-state index in [2.05, 4.69) is 5.32 Å². The van der Waals surface area contributed by atoms with Crippen molar-refractivity contribution in [3.05, 3.63) is 48.0 Å². The fourth-order valence-electron chi connectivity index (χ4n) is 2.71. The van der Waals surface area contributed by atoms with E-state index in [0.717, 1.165) is 27.5 Å². The second kappa shape index (κ2) is 6.12. The third-order valence-electron chi connectivity index (χ3n) is 3.75. The van der Waals surface area contributed by atoms with Crippen molar-refractivity contribution in [1.82, 2.24) is 5.32 Å². The third-order valence-corrected chi connectivity index (χ3v) is 3.75. The second-order valence-corrected chi connectivity index (χ2v) is 5.41. The summed E-state index contributed by atoms with van der Waals surface area (Å²) in [5.74, 6) is -0.741. The zero-order valence-corrected chi connectivity index (χ0v) is 13.0. The van der Waals surface area contributed by atoms with Gasteiger partial charge in [-0.05, 0) is 17.7 Å². The predicted molar refractivity (Wildman–Crippen MR) is 87.0 cm³/mol. The van der Waals surface area contributed by atoms with Gasteiger partial charge in [0.05, 0.1) is 7.11 Å². The van der Waals surface area contributed by atoms with E-state index in [-0.39, 0.29) is 5.91 Å². The summed E-state index contributed by atoms with van der Waals surface area (Å²) in [7, 11) is 1.31. The molecule has 0 saturated carbocycles. The molecule has 1 amide bonds. The molecule has 1 atom stereocenters. The summed E-state index contributed by atoms with van der Waals surface area (Å²) < 4.78 is 10.6. The topological polar surface area (TPSA) is 68.5 Å². The molecule has 1 unspecified atom stereocenters. The van der Waals surface area contributed by atoms with E-state index in [9.17, 15) is 9.59 Å². The molecule has 2 aromatic carbocycles. The third kappa shape index (κ3) is 3.04. The first-order valence-electron chi connectivity index (χ1n) is 7.33. The van der Waals surface area contributed by atoms with E-state index >= 15 is 0 Å². The minimum absolute atomic E-state index is 0.273. The smallest absolute Gasteiger partial charge is 0.328 e. The van der Waals surface area contributed by atoms with Crippen LogP contribution in [0.5, 0.6) is 0 Å². The highest BCUT2D eigenvalue weighted by Gasteiger charge is 2.21. The van der Waals surface area contributed by atoms with Gasteiger partial charge in [-0.2, -0.15) is 0 Å². The first kappa shape index (κ1) is 15.1. The molecule has 1 heterocycles. The summed E-state index contributed by atoms with van der Waals surface area (Å²) >= 11 is 0. The molecule has 118 valence electrons. The van der Waals surface area contributed by atoms with Crippen LogP contribution in [0.15, 0.2) is 46.9 Å². The van der Waals surface area contributed by atoms with E-state index in [4.69, 9.17) is 9.15 Å². The normalized spacial score (nSPS) is 12.3. The zero-order valence-electron chi connectivity index (χ0n) is 13.0. The Hall–Kier alpha value is -2.82. The van der Waals surface area contributed by atoms with E-state index in [0.29, 0.717) is 6.42 Å². The molecule has 0 spiro atoms. The van der Waals surface area contributed by atoms with Gasteiger partial charge in [-0.1, -0.05) is 30.3 Å². The number of para-hydroxylation sites is 1. The Morgan fingerprint density at radius 2 is 1.87 bits per heavy atom. The number of fused-ring (bicyclic) bond motifs is 3. The number of hydrogen-bond donors (Lipinski definition) is 1. The number of nitrogens with one attached hydrogen (secondary N) is 1. The lowest BCUT2D eigenvalue weighted by molar-refractivity contribution is -0.144. The number of esters is 1. The number of amides is 1. The molecule has 1 aromatic heterocycles. The molecule has 0 bridgehead atoms. The lowest BCUT2D eigenvalue weighted by Crippen LogP contribution is -2.41. The number of carbonyl (C=O) groups is 2. The van der Waals surface area contributed by atoms with Crippen LogP contribution >= 0.6 is 0 Å². The van der Waals surface area contributed by atoms with Crippen LogP contribution in [0.4, 0.5) is 0 Å². The maximum atomic E-state index is 11.8. The number of carbonyl (C=O) groups excluding carboxylic acids is 2. The minimum atomic E-state index is -0.709. The number of hydrogen-bond acceptors (Lipinski definition) is 4. The Bertz CT molecular complexity index is 881. The second-order valence-electron chi connectivity index (χ2n) is 5.41. The van der Waals surface area contributed by atoms with Crippen molar-refractivity contribution in [2.75, 3.05) is 7.11 Å². The van der Waals surface area contributed by atoms with Crippen molar-refractivity contribution in [3.8, 4) is 0 Å². The summed E-state index contributed by atoms with van der Waals surface area (Å²) in [5, 5.41) is 4.69. The number of ether oxygens (including phenoxy) is 1. The largest absolute Gasteiger partial charge is 0.467 e. The highest BCUT2D eigenvalue weighted by atomic mass is 16.5. The molecule has 0 fully saturated rings. The molecule has 3 aromatic rings. The van der Waals surface area contributed by atoms with Crippen LogP contribution in [-0.4, -0.2) is 25.0 Å². The molecule has 0 aliphatic carbocycles. The standard InChI is InChI=1S/C18H17NO4/c1-11(20)19-15(18(21)22-2)9-12-7-8-14-13-5-3-4-6-16(13)23-17(14)10-12/h3-8,10,15H,9H2,1-2H3,(H,19,20). The number of benzene rings is 2. The van der Waals surface area contributed by atoms with E-state index in [1.165, 1.54) is 14.0 Å². The van der Waals surface area contributed by atoms with E-state index in [1.54, 1.807) is 0 Å². The quantitative estimate of drug-likeness (QED) is 0.752. The van der Waals surface area contributed by atoms with Crippen molar-refractivity contribution in [1.29, 1.82) is 0 Å². The lowest BCUT2D eigenvalue weighted by atomic mass is 10.0. The van der Waals surface area contributed by atoms with Crippen molar-refractivity contribution in [2.24, 2.45) is 0 Å². The van der Waals surface area contributed by atoms with Crippen molar-refractivity contribution >= 4 is 33.8 Å². The Labute approximate surface area is 133 Å².